The molecule has 0 saturated carbocycles. The number of primary amides is 1. The first kappa shape index (κ1) is 31.6. The minimum absolute atomic E-state index is 0.159. The molecule has 2 unspecified atom stereocenters. The predicted molar refractivity (Wildman–Crippen MR) is 167 cm³/mol. The van der Waals surface area contributed by atoms with Crippen molar-refractivity contribution in [3.63, 3.8) is 0 Å². The van der Waals surface area contributed by atoms with Crippen LogP contribution in [-0.4, -0.2) is 41.3 Å². The largest absolute Gasteiger partial charge is 0.436 e. The maximum absolute atomic E-state index is 13.7. The number of aromatic nitrogens is 6. The van der Waals surface area contributed by atoms with Gasteiger partial charge in [0.15, 0.2) is 5.69 Å². The van der Waals surface area contributed by atoms with E-state index in [9.17, 15) is 27.6 Å². The lowest BCUT2D eigenvalue weighted by Crippen LogP contribution is -2.27. The number of anilines is 1. The first-order valence-electron chi connectivity index (χ1n) is 14.5. The van der Waals surface area contributed by atoms with Crippen molar-refractivity contribution in [1.82, 2.24) is 29.5 Å². The Balaban J connectivity index is 1.42. The molecular formula is C32H26ClF3N8O3. The summed E-state index contributed by atoms with van der Waals surface area (Å²) in [6.07, 6.45) is 0.502. The molecular weight excluding hydrogens is 637 g/mol. The van der Waals surface area contributed by atoms with Crippen molar-refractivity contribution in [3.8, 4) is 28.1 Å². The third-order valence-corrected chi connectivity index (χ3v) is 8.23. The summed E-state index contributed by atoms with van der Waals surface area (Å²) in [7, 11) is 0. The summed E-state index contributed by atoms with van der Waals surface area (Å²) in [6.45, 7) is 1.79. The van der Waals surface area contributed by atoms with E-state index in [1.807, 2.05) is 6.07 Å². The number of hydrogen-bond acceptors (Lipinski definition) is 7. The van der Waals surface area contributed by atoms with Gasteiger partial charge in [-0.05, 0) is 60.9 Å². The fourth-order valence-corrected chi connectivity index (χ4v) is 5.67. The van der Waals surface area contributed by atoms with Gasteiger partial charge in [-0.25, -0.2) is 9.67 Å². The van der Waals surface area contributed by atoms with Gasteiger partial charge in [-0.15, -0.1) is 5.10 Å². The van der Waals surface area contributed by atoms with Gasteiger partial charge in [0.05, 0.1) is 35.6 Å². The molecule has 0 fully saturated rings. The Bertz CT molecular complexity index is 2080. The zero-order valence-corrected chi connectivity index (χ0v) is 25.5. The maximum Gasteiger partial charge on any atom is 0.436 e. The number of halogens is 4. The average molecular weight is 663 g/mol. The number of hydrogen-bond donors (Lipinski definition) is 2. The van der Waals surface area contributed by atoms with Crippen LogP contribution < -0.4 is 16.6 Å². The molecule has 2 aromatic carbocycles. The zero-order chi connectivity index (χ0) is 33.5. The molecule has 15 heteroatoms. The highest BCUT2D eigenvalue weighted by atomic mass is 35.5. The number of rotatable bonds is 4. The second-order valence-corrected chi connectivity index (χ2v) is 11.6. The van der Waals surface area contributed by atoms with Gasteiger partial charge in [0.2, 0.25) is 11.8 Å². The number of carbonyl (C=O) groups excluding carboxylic acids is 2. The number of nitrogens with zero attached hydrogens (tertiary/aromatic N) is 6. The van der Waals surface area contributed by atoms with Crippen LogP contribution in [0.2, 0.25) is 5.02 Å². The van der Waals surface area contributed by atoms with Crippen molar-refractivity contribution in [3.05, 3.63) is 106 Å². The van der Waals surface area contributed by atoms with Gasteiger partial charge in [0.1, 0.15) is 0 Å². The van der Waals surface area contributed by atoms with Gasteiger partial charge in [0.25, 0.3) is 5.56 Å². The van der Waals surface area contributed by atoms with Crippen LogP contribution in [0.5, 0.6) is 0 Å². The fraction of sp³-hybridized carbons (Fsp3) is 0.219. The summed E-state index contributed by atoms with van der Waals surface area (Å²) in [5, 5.41) is 10.0. The van der Waals surface area contributed by atoms with Crippen LogP contribution in [0, 0.1) is 5.92 Å². The summed E-state index contributed by atoms with van der Waals surface area (Å²) in [4.78, 5) is 47.8. The van der Waals surface area contributed by atoms with Crippen LogP contribution in [0.15, 0.2) is 78.1 Å². The molecule has 2 atom stereocenters. The third kappa shape index (κ3) is 6.49. The molecule has 0 aliphatic carbocycles. The number of pyridine rings is 1. The lowest BCUT2D eigenvalue weighted by Gasteiger charge is -2.23. The van der Waals surface area contributed by atoms with Crippen LogP contribution in [-0.2, 0) is 11.0 Å². The third-order valence-electron chi connectivity index (χ3n) is 7.99. The van der Waals surface area contributed by atoms with E-state index >= 15 is 0 Å². The van der Waals surface area contributed by atoms with Crippen molar-refractivity contribution in [2.45, 2.75) is 38.4 Å². The molecule has 2 bridgehead atoms. The van der Waals surface area contributed by atoms with E-state index in [1.165, 1.54) is 41.2 Å². The Morgan fingerprint density at radius 2 is 1.83 bits per heavy atom. The zero-order valence-electron chi connectivity index (χ0n) is 24.7. The van der Waals surface area contributed by atoms with E-state index in [-0.39, 0.29) is 39.4 Å². The number of carbonyl (C=O) groups is 2. The van der Waals surface area contributed by atoms with Gasteiger partial charge in [-0.1, -0.05) is 36.2 Å². The molecule has 0 radical (unpaired) electrons. The molecule has 5 aromatic rings. The van der Waals surface area contributed by atoms with Crippen molar-refractivity contribution < 1.29 is 22.8 Å². The van der Waals surface area contributed by atoms with Crippen molar-refractivity contribution in [1.29, 1.82) is 0 Å². The minimum atomic E-state index is -4.70. The normalized spacial score (nSPS) is 16.8. The molecule has 240 valence electrons. The molecule has 47 heavy (non-hydrogen) atoms. The SMILES string of the molecule is CC1CCCC(n2cnc(-c3cc(Cl)ccc3-n3cc(C(F)(F)F)nn3)cc2=O)c2cc(ccn2)-c2ccc(C(N)=O)cc2NC1=O. The Morgan fingerprint density at radius 1 is 1.02 bits per heavy atom. The van der Waals surface area contributed by atoms with E-state index in [0.717, 1.165) is 10.9 Å². The van der Waals surface area contributed by atoms with Gasteiger partial charge >= 0.3 is 6.18 Å². The molecule has 1 aliphatic heterocycles. The molecule has 0 spiro atoms. The van der Waals surface area contributed by atoms with Gasteiger partial charge in [0, 0.05) is 45.6 Å². The van der Waals surface area contributed by atoms with E-state index in [1.54, 1.807) is 31.3 Å². The van der Waals surface area contributed by atoms with Crippen LogP contribution in [0.4, 0.5) is 18.9 Å². The first-order chi connectivity index (χ1) is 22.4. The summed E-state index contributed by atoms with van der Waals surface area (Å²) >= 11 is 6.24. The molecule has 0 saturated heterocycles. The number of nitrogens with one attached hydrogen (secondary N) is 1. The topological polar surface area (TPSA) is 151 Å². The van der Waals surface area contributed by atoms with Gasteiger partial charge in [-0.3, -0.25) is 23.9 Å². The molecule has 1 aliphatic rings. The number of amides is 2. The Hall–Kier alpha value is -5.37. The minimum Gasteiger partial charge on any atom is -0.366 e. The van der Waals surface area contributed by atoms with E-state index in [2.05, 4.69) is 25.6 Å². The highest BCUT2D eigenvalue weighted by Gasteiger charge is 2.35. The fourth-order valence-electron chi connectivity index (χ4n) is 5.50. The lowest BCUT2D eigenvalue weighted by atomic mass is 9.95. The van der Waals surface area contributed by atoms with Crippen LogP contribution in [0.3, 0.4) is 0 Å². The number of alkyl halides is 3. The van der Waals surface area contributed by atoms with Crippen molar-refractivity contribution >= 4 is 29.1 Å². The molecule has 4 heterocycles. The van der Waals surface area contributed by atoms with E-state index in [0.29, 0.717) is 41.8 Å². The molecule has 3 aromatic heterocycles. The average Bonchev–Trinajstić information content (AvgIpc) is 3.54. The highest BCUT2D eigenvalue weighted by Crippen LogP contribution is 2.34. The summed E-state index contributed by atoms with van der Waals surface area (Å²) < 4.78 is 42.1. The second-order valence-electron chi connectivity index (χ2n) is 11.2. The number of nitrogens with two attached hydrogens (primary N) is 1. The van der Waals surface area contributed by atoms with E-state index in [4.69, 9.17) is 17.3 Å². The van der Waals surface area contributed by atoms with Gasteiger partial charge in [-0.2, -0.15) is 13.2 Å². The second kappa shape index (κ2) is 12.4. The summed E-state index contributed by atoms with van der Waals surface area (Å²) in [5.41, 5.74) is 7.03. The quantitative estimate of drug-likeness (QED) is 0.252. The first-order valence-corrected chi connectivity index (χ1v) is 14.9. The van der Waals surface area contributed by atoms with Crippen LogP contribution in [0.1, 0.15) is 54.0 Å². The molecule has 3 N–H and O–H groups in total. The standard InChI is InChI=1S/C32H26ClF3N8O3/c1-17-3-2-4-27(25-11-18(9-10-38-25)21-7-5-19(30(37)46)12-24(21)40-31(17)47)43-16-39-23(14-29(43)45)22-13-20(33)6-8-26(22)44-15-28(41-42-44)32(34,35)36/h5-17,27H,2-4H2,1H3,(H2,37,46)(H,40,47). The lowest BCUT2D eigenvalue weighted by molar-refractivity contribution is -0.141. The Morgan fingerprint density at radius 3 is 2.55 bits per heavy atom. The summed E-state index contributed by atoms with van der Waals surface area (Å²) in [5.74, 6) is -1.25. The van der Waals surface area contributed by atoms with Crippen molar-refractivity contribution in [2.24, 2.45) is 11.7 Å². The molecule has 11 nitrogen and oxygen atoms in total. The molecule has 6 rings (SSSR count). The monoisotopic (exact) mass is 662 g/mol. The summed E-state index contributed by atoms with van der Waals surface area (Å²) in [6, 6.07) is 13.5. The maximum atomic E-state index is 13.7. The van der Waals surface area contributed by atoms with Gasteiger partial charge < -0.3 is 11.1 Å². The highest BCUT2D eigenvalue weighted by molar-refractivity contribution is 6.31. The predicted octanol–water partition coefficient (Wildman–Crippen LogP) is 5.67. The van der Waals surface area contributed by atoms with Crippen LogP contribution in [0.25, 0.3) is 28.1 Å². The van der Waals surface area contributed by atoms with Crippen molar-refractivity contribution in [2.75, 3.05) is 5.32 Å². The number of fused-ring (bicyclic) bond motifs is 4. The Labute approximate surface area is 270 Å². The molecule has 2 amide bonds. The number of benzene rings is 2. The van der Waals surface area contributed by atoms with Crippen LogP contribution >= 0.6 is 11.6 Å². The Kier molecular flexibility index (Phi) is 8.36. The smallest absolute Gasteiger partial charge is 0.366 e. The van der Waals surface area contributed by atoms with E-state index < -0.39 is 29.4 Å².